The van der Waals surface area contributed by atoms with Gasteiger partial charge in [0.05, 0.1) is 21.9 Å². The molecule has 1 fully saturated rings. The second-order valence-corrected chi connectivity index (χ2v) is 9.50. The molecule has 1 aromatic heterocycles. The van der Waals surface area contributed by atoms with Gasteiger partial charge in [0, 0.05) is 11.3 Å². The van der Waals surface area contributed by atoms with Crippen molar-refractivity contribution < 1.29 is 18.0 Å². The zero-order chi connectivity index (χ0) is 18.1. The van der Waals surface area contributed by atoms with Gasteiger partial charge in [-0.05, 0) is 43.0 Å². The van der Waals surface area contributed by atoms with E-state index >= 15 is 0 Å². The van der Waals surface area contributed by atoms with E-state index in [2.05, 4.69) is 10.6 Å². The summed E-state index contributed by atoms with van der Waals surface area (Å²) in [7, 11) is -3.10. The van der Waals surface area contributed by atoms with Gasteiger partial charge in [0.25, 0.3) is 11.8 Å². The maximum Gasteiger partial charge on any atom is 0.265 e. The minimum atomic E-state index is -3.10. The Morgan fingerprint density at radius 1 is 1.16 bits per heavy atom. The van der Waals surface area contributed by atoms with E-state index < -0.39 is 15.4 Å². The van der Waals surface area contributed by atoms with Crippen LogP contribution in [0.15, 0.2) is 41.8 Å². The minimum absolute atomic E-state index is 0.0550. The third-order valence-electron chi connectivity index (χ3n) is 4.05. The molecule has 8 heteroatoms. The average Bonchev–Trinajstić information content (AvgIpc) is 3.15. The van der Waals surface area contributed by atoms with Crippen molar-refractivity contribution in [2.24, 2.45) is 0 Å². The summed E-state index contributed by atoms with van der Waals surface area (Å²) in [4.78, 5) is 25.1. The smallest absolute Gasteiger partial charge is 0.265 e. The number of sulfone groups is 1. The number of benzene rings is 1. The summed E-state index contributed by atoms with van der Waals surface area (Å²) in [5, 5.41) is 7.37. The SMILES string of the molecule is C[C@@]1(NC(=O)c2cccc(NC(=O)c3cccs3)c2)CCS(=O)(=O)C1. The molecule has 2 heterocycles. The van der Waals surface area contributed by atoms with Gasteiger partial charge in [-0.15, -0.1) is 11.3 Å². The topological polar surface area (TPSA) is 92.3 Å². The Balaban J connectivity index is 1.71. The fourth-order valence-electron chi connectivity index (χ4n) is 2.79. The van der Waals surface area contributed by atoms with Crippen LogP contribution in [0.5, 0.6) is 0 Å². The third-order valence-corrected chi connectivity index (χ3v) is 6.82. The van der Waals surface area contributed by atoms with Gasteiger partial charge in [-0.25, -0.2) is 8.42 Å². The lowest BCUT2D eigenvalue weighted by molar-refractivity contribution is 0.0914. The molecule has 1 aromatic carbocycles. The first kappa shape index (κ1) is 17.6. The predicted octanol–water partition coefficient (Wildman–Crippen LogP) is 2.31. The van der Waals surface area contributed by atoms with Crippen LogP contribution in [0, 0.1) is 0 Å². The molecule has 1 aliphatic rings. The fraction of sp³-hybridized carbons (Fsp3) is 0.294. The molecule has 0 spiro atoms. The van der Waals surface area contributed by atoms with E-state index in [9.17, 15) is 18.0 Å². The molecule has 1 aliphatic heterocycles. The molecular weight excluding hydrogens is 360 g/mol. The molecular formula is C17H18N2O4S2. The van der Waals surface area contributed by atoms with Gasteiger partial charge >= 0.3 is 0 Å². The normalized spacial score (nSPS) is 21.6. The average molecular weight is 378 g/mol. The number of nitrogens with one attached hydrogen (secondary N) is 2. The van der Waals surface area contributed by atoms with Gasteiger partial charge in [0.2, 0.25) is 0 Å². The number of hydrogen-bond acceptors (Lipinski definition) is 5. The standard InChI is InChI=1S/C17H18N2O4S2/c1-17(7-9-25(22,23)11-17)19-15(20)12-4-2-5-13(10-12)18-16(21)14-6-3-8-24-14/h2-6,8,10H,7,9,11H2,1H3,(H,18,21)(H,19,20)/t17-/m1/s1. The predicted molar refractivity (Wildman–Crippen MR) is 97.9 cm³/mol. The highest BCUT2D eigenvalue weighted by Crippen LogP contribution is 2.23. The quantitative estimate of drug-likeness (QED) is 0.854. The van der Waals surface area contributed by atoms with Crippen molar-refractivity contribution in [2.75, 3.05) is 16.8 Å². The van der Waals surface area contributed by atoms with Crippen molar-refractivity contribution in [1.82, 2.24) is 5.32 Å². The lowest BCUT2D eigenvalue weighted by Gasteiger charge is -2.24. The molecule has 2 amide bonds. The monoisotopic (exact) mass is 378 g/mol. The van der Waals surface area contributed by atoms with Crippen LogP contribution >= 0.6 is 11.3 Å². The molecule has 25 heavy (non-hydrogen) atoms. The molecule has 132 valence electrons. The largest absolute Gasteiger partial charge is 0.346 e. The number of thiophene rings is 1. The van der Waals surface area contributed by atoms with Crippen LogP contribution in [0.1, 0.15) is 33.4 Å². The van der Waals surface area contributed by atoms with E-state index in [0.717, 1.165) is 0 Å². The third kappa shape index (κ3) is 4.26. The van der Waals surface area contributed by atoms with Gasteiger partial charge in [-0.3, -0.25) is 9.59 Å². The van der Waals surface area contributed by atoms with Gasteiger partial charge < -0.3 is 10.6 Å². The Morgan fingerprint density at radius 3 is 2.60 bits per heavy atom. The molecule has 6 nitrogen and oxygen atoms in total. The van der Waals surface area contributed by atoms with Crippen LogP contribution in [-0.2, 0) is 9.84 Å². The number of anilines is 1. The molecule has 2 N–H and O–H groups in total. The molecule has 3 rings (SSSR count). The fourth-order valence-corrected chi connectivity index (χ4v) is 5.51. The summed E-state index contributed by atoms with van der Waals surface area (Å²) in [5.74, 6) is -0.561. The summed E-state index contributed by atoms with van der Waals surface area (Å²) in [6.07, 6.45) is 0.399. The molecule has 2 aromatic rings. The van der Waals surface area contributed by atoms with Crippen LogP contribution in [0.25, 0.3) is 0 Å². The first-order chi connectivity index (χ1) is 11.8. The van der Waals surface area contributed by atoms with Crippen molar-refractivity contribution in [3.05, 3.63) is 52.2 Å². The number of hydrogen-bond donors (Lipinski definition) is 2. The summed E-state index contributed by atoms with van der Waals surface area (Å²) in [5.41, 5.74) is 0.122. The first-order valence-electron chi connectivity index (χ1n) is 7.74. The zero-order valence-electron chi connectivity index (χ0n) is 13.6. The van der Waals surface area contributed by atoms with Gasteiger partial charge in [0.1, 0.15) is 0 Å². The zero-order valence-corrected chi connectivity index (χ0v) is 15.2. The van der Waals surface area contributed by atoms with E-state index in [1.807, 2.05) is 5.38 Å². The van der Waals surface area contributed by atoms with Gasteiger partial charge in [0.15, 0.2) is 9.84 Å². The van der Waals surface area contributed by atoms with Crippen LogP contribution in [0.2, 0.25) is 0 Å². The molecule has 1 atom stereocenters. The maximum atomic E-state index is 12.5. The molecule has 1 saturated heterocycles. The summed E-state index contributed by atoms with van der Waals surface area (Å²) in [6.45, 7) is 1.73. The van der Waals surface area contributed by atoms with Crippen LogP contribution in [0.3, 0.4) is 0 Å². The van der Waals surface area contributed by atoms with E-state index in [1.165, 1.54) is 11.3 Å². The molecule has 0 aliphatic carbocycles. The van der Waals surface area contributed by atoms with E-state index in [0.29, 0.717) is 22.5 Å². The molecule has 0 radical (unpaired) electrons. The molecule has 0 bridgehead atoms. The highest BCUT2D eigenvalue weighted by atomic mass is 32.2. The Labute approximate surface area is 150 Å². The lowest BCUT2D eigenvalue weighted by Crippen LogP contribution is -2.46. The van der Waals surface area contributed by atoms with Crippen molar-refractivity contribution in [2.45, 2.75) is 18.9 Å². The highest BCUT2D eigenvalue weighted by Gasteiger charge is 2.39. The Hall–Kier alpha value is -2.19. The van der Waals surface area contributed by atoms with E-state index in [1.54, 1.807) is 43.3 Å². The second-order valence-electron chi connectivity index (χ2n) is 6.37. The first-order valence-corrected chi connectivity index (χ1v) is 10.4. The summed E-state index contributed by atoms with van der Waals surface area (Å²) in [6, 6.07) is 10.1. The van der Waals surface area contributed by atoms with Gasteiger partial charge in [-0.1, -0.05) is 12.1 Å². The van der Waals surface area contributed by atoms with Crippen LogP contribution in [-0.4, -0.2) is 37.3 Å². The van der Waals surface area contributed by atoms with Crippen molar-refractivity contribution in [1.29, 1.82) is 0 Å². The van der Waals surface area contributed by atoms with Crippen LogP contribution < -0.4 is 10.6 Å². The van der Waals surface area contributed by atoms with Crippen molar-refractivity contribution >= 4 is 38.7 Å². The van der Waals surface area contributed by atoms with E-state index in [4.69, 9.17) is 0 Å². The number of rotatable bonds is 4. The van der Waals surface area contributed by atoms with Crippen molar-refractivity contribution in [3.63, 3.8) is 0 Å². The number of carbonyl (C=O) groups is 2. The number of amides is 2. The van der Waals surface area contributed by atoms with E-state index in [-0.39, 0.29) is 23.3 Å². The maximum absolute atomic E-state index is 12.5. The lowest BCUT2D eigenvalue weighted by atomic mass is 10.0. The Bertz CT molecular complexity index is 906. The van der Waals surface area contributed by atoms with Crippen molar-refractivity contribution in [3.8, 4) is 0 Å². The summed E-state index contributed by atoms with van der Waals surface area (Å²) >= 11 is 1.33. The van der Waals surface area contributed by atoms with Crippen LogP contribution in [0.4, 0.5) is 5.69 Å². The Kier molecular flexibility index (Phi) is 4.66. The molecule has 0 saturated carbocycles. The molecule has 0 unspecified atom stereocenters. The summed E-state index contributed by atoms with van der Waals surface area (Å²) < 4.78 is 23.3. The van der Waals surface area contributed by atoms with Gasteiger partial charge in [-0.2, -0.15) is 0 Å². The Morgan fingerprint density at radius 2 is 1.96 bits per heavy atom. The second kappa shape index (κ2) is 6.61. The number of carbonyl (C=O) groups excluding carboxylic acids is 2. The minimum Gasteiger partial charge on any atom is -0.346 e. The highest BCUT2D eigenvalue weighted by molar-refractivity contribution is 7.91.